The zero-order chi connectivity index (χ0) is 7.61. The van der Waals surface area contributed by atoms with Crippen LogP contribution in [0.2, 0.25) is 0 Å². The molecule has 1 heterocycles. The van der Waals surface area contributed by atoms with E-state index in [-0.39, 0.29) is 24.0 Å². The highest BCUT2D eigenvalue weighted by Crippen LogP contribution is 2.18. The molecule has 0 saturated carbocycles. The average molecular weight is 273 g/mol. The predicted molar refractivity (Wildman–Crippen MR) is 40.6 cm³/mol. The fraction of sp³-hybridized carbons (Fsp3) is 1.00. The maximum absolute atomic E-state index is 12.7. The number of halogens is 2. The van der Waals surface area contributed by atoms with Crippen LogP contribution in [0, 0.1) is 0 Å². The van der Waals surface area contributed by atoms with Gasteiger partial charge in [0, 0.05) is 12.8 Å². The van der Waals surface area contributed by atoms with Crippen molar-refractivity contribution in [2.75, 3.05) is 26.7 Å². The summed E-state index contributed by atoms with van der Waals surface area (Å²) in [4.78, 5) is 0. The Kier molecular flexibility index (Phi) is 4.86. The zero-order valence-corrected chi connectivity index (χ0v) is 9.47. The Morgan fingerprint density at radius 2 is 1.82 bits per heavy atom. The van der Waals surface area contributed by atoms with E-state index in [0.29, 0.717) is 0 Å². The fourth-order valence-electron chi connectivity index (χ4n) is 1.48. The minimum atomic E-state index is -0.516. The van der Waals surface area contributed by atoms with E-state index in [2.05, 4.69) is 14.0 Å². The van der Waals surface area contributed by atoms with E-state index in [1.165, 1.54) is 0 Å². The number of hydrogen-bond donors (Lipinski definition) is 0. The van der Waals surface area contributed by atoms with Gasteiger partial charge in [0.15, 0.2) is 0 Å². The topological polar surface area (TPSA) is 0 Å². The molecule has 0 aromatic carbocycles. The molecule has 0 aromatic rings. The van der Waals surface area contributed by atoms with Gasteiger partial charge in [0.25, 0.3) is 0 Å². The predicted octanol–water partition coefficient (Wildman–Crippen LogP) is -1.41. The molecular formula is C8H17FIN. The SMILES string of the molecule is CC[N+]1(C)CCC(F)CC1.[I-]. The van der Waals surface area contributed by atoms with Gasteiger partial charge in [0.05, 0.1) is 26.7 Å². The molecule has 0 bridgehead atoms. The van der Waals surface area contributed by atoms with E-state index >= 15 is 0 Å². The van der Waals surface area contributed by atoms with Crippen LogP contribution < -0.4 is 24.0 Å². The Morgan fingerprint density at radius 1 is 1.36 bits per heavy atom. The monoisotopic (exact) mass is 273 g/mol. The second-order valence-electron chi connectivity index (χ2n) is 3.56. The molecule has 0 spiro atoms. The summed E-state index contributed by atoms with van der Waals surface area (Å²) in [7, 11) is 2.21. The molecule has 1 nitrogen and oxygen atoms in total. The van der Waals surface area contributed by atoms with Gasteiger partial charge in [-0.2, -0.15) is 0 Å². The van der Waals surface area contributed by atoms with Crippen molar-refractivity contribution in [1.82, 2.24) is 0 Å². The lowest BCUT2D eigenvalue weighted by atomic mass is 10.1. The van der Waals surface area contributed by atoms with Crippen LogP contribution in [0.4, 0.5) is 4.39 Å². The summed E-state index contributed by atoms with van der Waals surface area (Å²) in [6.45, 7) is 5.38. The Hall–Kier alpha value is 0.620. The number of nitrogens with zero attached hydrogens (tertiary/aromatic N) is 1. The molecule has 1 aliphatic rings. The summed E-state index contributed by atoms with van der Waals surface area (Å²) in [5.74, 6) is 0. The highest BCUT2D eigenvalue weighted by molar-refractivity contribution is 4.61. The molecule has 0 unspecified atom stereocenters. The van der Waals surface area contributed by atoms with E-state index in [1.807, 2.05) is 0 Å². The van der Waals surface area contributed by atoms with Crippen molar-refractivity contribution in [3.8, 4) is 0 Å². The van der Waals surface area contributed by atoms with Crippen LogP contribution in [0.25, 0.3) is 0 Å². The molecule has 0 amide bonds. The second-order valence-corrected chi connectivity index (χ2v) is 3.56. The van der Waals surface area contributed by atoms with Crippen LogP contribution in [0.3, 0.4) is 0 Å². The minimum Gasteiger partial charge on any atom is -1.00 e. The first-order valence-corrected chi connectivity index (χ1v) is 4.14. The number of rotatable bonds is 1. The van der Waals surface area contributed by atoms with E-state index in [9.17, 15) is 4.39 Å². The number of alkyl halides is 1. The van der Waals surface area contributed by atoms with Crippen LogP contribution in [0.15, 0.2) is 0 Å². The molecule has 1 aliphatic heterocycles. The van der Waals surface area contributed by atoms with Crippen molar-refractivity contribution in [3.05, 3.63) is 0 Å². The third kappa shape index (κ3) is 3.23. The molecule has 0 atom stereocenters. The normalized spacial score (nSPS) is 37.9. The van der Waals surface area contributed by atoms with Crippen LogP contribution in [0.1, 0.15) is 19.8 Å². The Balaban J connectivity index is 0.000001000. The molecule has 68 valence electrons. The van der Waals surface area contributed by atoms with Gasteiger partial charge in [-0.1, -0.05) is 0 Å². The Labute approximate surface area is 85.6 Å². The smallest absolute Gasteiger partial charge is 0.111 e. The first-order chi connectivity index (χ1) is 4.66. The van der Waals surface area contributed by atoms with Gasteiger partial charge in [-0.15, -0.1) is 0 Å². The summed E-state index contributed by atoms with van der Waals surface area (Å²) in [5.41, 5.74) is 0. The van der Waals surface area contributed by atoms with E-state index in [1.54, 1.807) is 0 Å². The highest BCUT2D eigenvalue weighted by Gasteiger charge is 2.27. The summed E-state index contributed by atoms with van der Waals surface area (Å²) < 4.78 is 13.7. The van der Waals surface area contributed by atoms with Crippen molar-refractivity contribution in [1.29, 1.82) is 0 Å². The maximum Gasteiger partial charge on any atom is 0.111 e. The van der Waals surface area contributed by atoms with Crippen molar-refractivity contribution < 1.29 is 32.9 Å². The quantitative estimate of drug-likeness (QED) is 0.407. The van der Waals surface area contributed by atoms with Crippen LogP contribution >= 0.6 is 0 Å². The van der Waals surface area contributed by atoms with Gasteiger partial charge in [0.1, 0.15) is 6.17 Å². The van der Waals surface area contributed by atoms with Gasteiger partial charge >= 0.3 is 0 Å². The third-order valence-electron chi connectivity index (χ3n) is 2.73. The number of hydrogen-bond acceptors (Lipinski definition) is 0. The maximum atomic E-state index is 12.7. The molecule has 1 rings (SSSR count). The molecular weight excluding hydrogens is 256 g/mol. The summed E-state index contributed by atoms with van der Waals surface area (Å²) in [6.07, 6.45) is 1.02. The average Bonchev–Trinajstić information content (AvgIpc) is 1.96. The lowest BCUT2D eigenvalue weighted by molar-refractivity contribution is -0.913. The van der Waals surface area contributed by atoms with Crippen molar-refractivity contribution >= 4 is 0 Å². The van der Waals surface area contributed by atoms with Gasteiger partial charge in [0.2, 0.25) is 0 Å². The molecule has 0 aliphatic carbocycles. The minimum absolute atomic E-state index is 0. The third-order valence-corrected chi connectivity index (χ3v) is 2.73. The van der Waals surface area contributed by atoms with Gasteiger partial charge in [-0.05, 0) is 6.92 Å². The summed E-state index contributed by atoms with van der Waals surface area (Å²) in [5, 5.41) is 0. The standard InChI is InChI=1S/C8H17FN.HI/c1-3-10(2)6-4-8(9)5-7-10;/h8H,3-7H2,1-2H3;1H/q+1;/p-1. The van der Waals surface area contributed by atoms with Gasteiger partial charge < -0.3 is 28.5 Å². The molecule has 11 heavy (non-hydrogen) atoms. The molecule has 0 aromatic heterocycles. The lowest BCUT2D eigenvalue weighted by Crippen LogP contribution is -3.00. The number of quaternary nitrogens is 1. The second kappa shape index (κ2) is 4.60. The molecule has 1 saturated heterocycles. The molecule has 0 N–H and O–H groups in total. The summed E-state index contributed by atoms with van der Waals surface area (Å²) in [6, 6.07) is 0. The first kappa shape index (κ1) is 11.6. The lowest BCUT2D eigenvalue weighted by Gasteiger charge is -2.37. The molecule has 3 heteroatoms. The number of piperidine rings is 1. The molecule has 0 radical (unpaired) electrons. The van der Waals surface area contributed by atoms with Crippen LogP contribution in [-0.2, 0) is 0 Å². The largest absolute Gasteiger partial charge is 1.00 e. The van der Waals surface area contributed by atoms with Crippen LogP contribution in [-0.4, -0.2) is 37.3 Å². The van der Waals surface area contributed by atoms with Crippen LogP contribution in [0.5, 0.6) is 0 Å². The van der Waals surface area contributed by atoms with E-state index in [4.69, 9.17) is 0 Å². The highest BCUT2D eigenvalue weighted by atomic mass is 127. The zero-order valence-electron chi connectivity index (χ0n) is 7.32. The number of likely N-dealkylation sites (tertiary alicyclic amines) is 1. The van der Waals surface area contributed by atoms with E-state index < -0.39 is 6.17 Å². The van der Waals surface area contributed by atoms with E-state index in [0.717, 1.165) is 37.0 Å². The van der Waals surface area contributed by atoms with Crippen molar-refractivity contribution in [2.45, 2.75) is 25.9 Å². The Bertz CT molecular complexity index is 111. The Morgan fingerprint density at radius 3 is 2.18 bits per heavy atom. The summed E-state index contributed by atoms with van der Waals surface area (Å²) >= 11 is 0. The van der Waals surface area contributed by atoms with Crippen molar-refractivity contribution in [3.63, 3.8) is 0 Å². The van der Waals surface area contributed by atoms with Crippen molar-refractivity contribution in [2.24, 2.45) is 0 Å². The fourth-order valence-corrected chi connectivity index (χ4v) is 1.48. The van der Waals surface area contributed by atoms with Gasteiger partial charge in [-0.3, -0.25) is 0 Å². The first-order valence-electron chi connectivity index (χ1n) is 4.14. The van der Waals surface area contributed by atoms with Gasteiger partial charge in [-0.25, -0.2) is 4.39 Å². The molecule has 1 fully saturated rings.